The second kappa shape index (κ2) is 5.70. The summed E-state index contributed by atoms with van der Waals surface area (Å²) >= 11 is 0. The van der Waals surface area contributed by atoms with Gasteiger partial charge < -0.3 is 10.4 Å². The van der Waals surface area contributed by atoms with E-state index in [1.165, 1.54) is 12.1 Å². The van der Waals surface area contributed by atoms with E-state index in [0.717, 1.165) is 18.2 Å². The zero-order valence-electron chi connectivity index (χ0n) is 10.4. The Hall–Kier alpha value is -2.77. The van der Waals surface area contributed by atoms with Gasteiger partial charge in [0.25, 0.3) is 5.69 Å². The van der Waals surface area contributed by atoms with Crippen molar-refractivity contribution in [2.24, 2.45) is 0 Å². The highest BCUT2D eigenvalue weighted by atomic mass is 19.2. The third-order valence-electron chi connectivity index (χ3n) is 2.70. The van der Waals surface area contributed by atoms with Gasteiger partial charge in [0.05, 0.1) is 11.0 Å². The summed E-state index contributed by atoms with van der Waals surface area (Å²) in [5.41, 5.74) is -0.255. The van der Waals surface area contributed by atoms with E-state index >= 15 is 0 Å². The molecular weight excluding hydrogens is 289 g/mol. The summed E-state index contributed by atoms with van der Waals surface area (Å²) < 4.78 is 38.9. The maximum absolute atomic E-state index is 13.0. The van der Waals surface area contributed by atoms with Gasteiger partial charge in [0.1, 0.15) is 11.4 Å². The Balaban J connectivity index is 2.22. The molecule has 0 radical (unpaired) electrons. The van der Waals surface area contributed by atoms with Crippen molar-refractivity contribution in [1.82, 2.24) is 0 Å². The summed E-state index contributed by atoms with van der Waals surface area (Å²) in [6.45, 7) is -0.153. The van der Waals surface area contributed by atoms with Crippen LogP contribution in [0.25, 0.3) is 0 Å². The third-order valence-corrected chi connectivity index (χ3v) is 2.70. The van der Waals surface area contributed by atoms with Crippen LogP contribution in [0.3, 0.4) is 0 Å². The fourth-order valence-electron chi connectivity index (χ4n) is 1.73. The molecule has 2 aromatic rings. The molecule has 0 aromatic heterocycles. The van der Waals surface area contributed by atoms with E-state index in [-0.39, 0.29) is 23.5 Å². The SMILES string of the molecule is O=[N+]([O-])c1cc(O)ccc1NCc1cc(F)c(F)c(F)c1. The number of rotatable bonds is 4. The summed E-state index contributed by atoms with van der Waals surface area (Å²) in [4.78, 5) is 10.1. The molecule has 2 rings (SSSR count). The number of benzene rings is 2. The van der Waals surface area contributed by atoms with Crippen LogP contribution < -0.4 is 5.32 Å². The standard InChI is InChI=1S/C13H9F3N2O3/c14-9-3-7(4-10(15)13(9)16)6-17-11-2-1-8(19)5-12(11)18(20)21/h1-5,17,19H,6H2. The minimum atomic E-state index is -1.57. The minimum Gasteiger partial charge on any atom is -0.508 e. The van der Waals surface area contributed by atoms with E-state index in [0.29, 0.717) is 0 Å². The summed E-state index contributed by atoms with van der Waals surface area (Å²) in [5, 5.41) is 22.6. The van der Waals surface area contributed by atoms with Crippen LogP contribution in [-0.4, -0.2) is 10.0 Å². The number of halogens is 3. The number of phenols is 1. The van der Waals surface area contributed by atoms with Crippen LogP contribution in [0.4, 0.5) is 24.5 Å². The molecule has 0 unspecified atom stereocenters. The highest BCUT2D eigenvalue weighted by Crippen LogP contribution is 2.28. The molecule has 0 bridgehead atoms. The zero-order chi connectivity index (χ0) is 15.6. The van der Waals surface area contributed by atoms with Gasteiger partial charge in [0, 0.05) is 6.54 Å². The quantitative estimate of drug-likeness (QED) is 0.393. The van der Waals surface area contributed by atoms with E-state index in [2.05, 4.69) is 5.32 Å². The van der Waals surface area contributed by atoms with Crippen LogP contribution in [0.15, 0.2) is 30.3 Å². The van der Waals surface area contributed by atoms with E-state index in [4.69, 9.17) is 0 Å². The van der Waals surface area contributed by atoms with Gasteiger partial charge in [-0.1, -0.05) is 0 Å². The van der Waals surface area contributed by atoms with Crippen molar-refractivity contribution in [3.63, 3.8) is 0 Å². The van der Waals surface area contributed by atoms with Gasteiger partial charge in [-0.3, -0.25) is 10.1 Å². The molecule has 0 aliphatic carbocycles. The molecule has 0 spiro atoms. The molecule has 0 aliphatic rings. The monoisotopic (exact) mass is 298 g/mol. The fraction of sp³-hybridized carbons (Fsp3) is 0.0769. The Morgan fingerprint density at radius 1 is 1.14 bits per heavy atom. The first-order valence-electron chi connectivity index (χ1n) is 5.73. The van der Waals surface area contributed by atoms with Crippen molar-refractivity contribution in [2.75, 3.05) is 5.32 Å². The second-order valence-corrected chi connectivity index (χ2v) is 4.19. The molecular formula is C13H9F3N2O3. The number of nitrogens with one attached hydrogen (secondary N) is 1. The highest BCUT2D eigenvalue weighted by molar-refractivity contribution is 5.63. The summed E-state index contributed by atoms with van der Waals surface area (Å²) in [6, 6.07) is 4.99. The maximum atomic E-state index is 13.0. The number of anilines is 1. The van der Waals surface area contributed by atoms with Crippen molar-refractivity contribution in [2.45, 2.75) is 6.54 Å². The first kappa shape index (κ1) is 14.6. The lowest BCUT2D eigenvalue weighted by molar-refractivity contribution is -0.384. The molecule has 0 atom stereocenters. The van der Waals surface area contributed by atoms with Crippen molar-refractivity contribution in [3.05, 3.63) is 63.5 Å². The zero-order valence-corrected chi connectivity index (χ0v) is 10.4. The Kier molecular flexibility index (Phi) is 3.97. The van der Waals surface area contributed by atoms with Gasteiger partial charge in [-0.15, -0.1) is 0 Å². The third kappa shape index (κ3) is 3.22. The number of nitro groups is 1. The van der Waals surface area contributed by atoms with Crippen molar-refractivity contribution < 1.29 is 23.2 Å². The molecule has 2 aromatic carbocycles. The van der Waals surface area contributed by atoms with Gasteiger partial charge in [-0.2, -0.15) is 0 Å². The molecule has 0 fully saturated rings. The number of phenolic OH excluding ortho intramolecular Hbond substituents is 1. The van der Waals surface area contributed by atoms with Gasteiger partial charge in [0.15, 0.2) is 17.5 Å². The van der Waals surface area contributed by atoms with E-state index < -0.39 is 28.1 Å². The van der Waals surface area contributed by atoms with Crippen molar-refractivity contribution >= 4 is 11.4 Å². The Morgan fingerprint density at radius 3 is 2.33 bits per heavy atom. The van der Waals surface area contributed by atoms with Gasteiger partial charge >= 0.3 is 0 Å². The molecule has 0 heterocycles. The van der Waals surface area contributed by atoms with Crippen LogP contribution in [0.5, 0.6) is 5.75 Å². The average molecular weight is 298 g/mol. The number of aromatic hydroxyl groups is 1. The van der Waals surface area contributed by atoms with Crippen molar-refractivity contribution in [3.8, 4) is 5.75 Å². The smallest absolute Gasteiger partial charge is 0.296 e. The molecule has 0 aliphatic heterocycles. The second-order valence-electron chi connectivity index (χ2n) is 4.19. The van der Waals surface area contributed by atoms with Crippen LogP contribution in [-0.2, 0) is 6.54 Å². The first-order valence-corrected chi connectivity index (χ1v) is 5.73. The predicted molar refractivity (Wildman–Crippen MR) is 68.4 cm³/mol. The number of hydrogen-bond acceptors (Lipinski definition) is 4. The lowest BCUT2D eigenvalue weighted by Gasteiger charge is -2.08. The molecule has 0 amide bonds. The van der Waals surface area contributed by atoms with Crippen LogP contribution in [0, 0.1) is 27.6 Å². The molecule has 21 heavy (non-hydrogen) atoms. The van der Waals surface area contributed by atoms with Crippen molar-refractivity contribution in [1.29, 1.82) is 0 Å². The highest BCUT2D eigenvalue weighted by Gasteiger charge is 2.15. The lowest BCUT2D eigenvalue weighted by atomic mass is 10.2. The molecule has 110 valence electrons. The Bertz CT molecular complexity index is 684. The van der Waals surface area contributed by atoms with E-state index in [1.807, 2.05) is 0 Å². The topological polar surface area (TPSA) is 75.4 Å². The van der Waals surface area contributed by atoms with Crippen LogP contribution in [0.1, 0.15) is 5.56 Å². The summed E-state index contributed by atoms with van der Waals surface area (Å²) in [5.74, 6) is -4.54. The number of hydrogen-bond donors (Lipinski definition) is 2. The van der Waals surface area contributed by atoms with Crippen LogP contribution in [0.2, 0.25) is 0 Å². The summed E-state index contributed by atoms with van der Waals surface area (Å²) in [7, 11) is 0. The van der Waals surface area contributed by atoms with Gasteiger partial charge in [-0.05, 0) is 29.8 Å². The van der Waals surface area contributed by atoms with E-state index in [9.17, 15) is 28.4 Å². The normalized spacial score (nSPS) is 10.4. The molecule has 5 nitrogen and oxygen atoms in total. The fourth-order valence-corrected chi connectivity index (χ4v) is 1.73. The number of nitro benzene ring substituents is 1. The summed E-state index contributed by atoms with van der Waals surface area (Å²) in [6.07, 6.45) is 0. The largest absolute Gasteiger partial charge is 0.508 e. The first-order chi connectivity index (χ1) is 9.88. The Labute approximate surface area is 116 Å². The minimum absolute atomic E-state index is 0.0583. The molecule has 8 heteroatoms. The maximum Gasteiger partial charge on any atom is 0.296 e. The molecule has 2 N–H and O–H groups in total. The average Bonchev–Trinajstić information content (AvgIpc) is 2.43. The Morgan fingerprint density at radius 2 is 1.76 bits per heavy atom. The predicted octanol–water partition coefficient (Wildman–Crippen LogP) is 3.33. The molecule has 0 saturated carbocycles. The van der Waals surface area contributed by atoms with Gasteiger partial charge in [0.2, 0.25) is 0 Å². The van der Waals surface area contributed by atoms with E-state index in [1.54, 1.807) is 0 Å². The molecule has 0 saturated heterocycles. The van der Waals surface area contributed by atoms with Gasteiger partial charge in [-0.25, -0.2) is 13.2 Å². The number of nitrogens with zero attached hydrogens (tertiary/aromatic N) is 1. The van der Waals surface area contributed by atoms with Crippen LogP contribution >= 0.6 is 0 Å². The lowest BCUT2D eigenvalue weighted by Crippen LogP contribution is -2.04.